The van der Waals surface area contributed by atoms with Gasteiger partial charge in [-0.15, -0.1) is 0 Å². The van der Waals surface area contributed by atoms with Crippen LogP contribution in [0.1, 0.15) is 19.8 Å². The van der Waals surface area contributed by atoms with E-state index in [4.69, 9.17) is 0 Å². The van der Waals surface area contributed by atoms with Crippen molar-refractivity contribution >= 4 is 5.91 Å². The molecule has 1 amide bonds. The van der Waals surface area contributed by atoms with Crippen LogP contribution in [0.5, 0.6) is 0 Å². The van der Waals surface area contributed by atoms with Crippen molar-refractivity contribution in [3.05, 3.63) is 0 Å². The van der Waals surface area contributed by atoms with Gasteiger partial charge in [0.1, 0.15) is 0 Å². The van der Waals surface area contributed by atoms with Gasteiger partial charge in [-0.3, -0.25) is 4.79 Å². The molecule has 1 aliphatic rings. The van der Waals surface area contributed by atoms with Gasteiger partial charge in [0.05, 0.1) is 0 Å². The number of nitrogens with one attached hydrogen (secondary N) is 1. The summed E-state index contributed by atoms with van der Waals surface area (Å²) in [6, 6.07) is 0.0123. The molecule has 1 aliphatic carbocycles. The third-order valence-electron chi connectivity index (χ3n) is 1.31. The van der Waals surface area contributed by atoms with Crippen molar-refractivity contribution in [2.24, 2.45) is 0 Å². The molecule has 58 valence electrons. The molecule has 1 saturated carbocycles. The van der Waals surface area contributed by atoms with Gasteiger partial charge in [0.15, 0.2) is 0 Å². The Bertz CT molecular complexity index is 148. The van der Waals surface area contributed by atoms with E-state index < -0.39 is 11.8 Å². The van der Waals surface area contributed by atoms with E-state index in [1.807, 2.05) is 0 Å². The Morgan fingerprint density at radius 1 is 1.60 bits per heavy atom. The molecule has 0 saturated heterocycles. The number of amides is 1. The molecule has 0 aliphatic heterocycles. The van der Waals surface area contributed by atoms with Gasteiger partial charge in [-0.2, -0.15) is 8.78 Å². The van der Waals surface area contributed by atoms with Gasteiger partial charge < -0.3 is 5.32 Å². The second-order valence-corrected chi connectivity index (χ2v) is 2.64. The molecule has 2 nitrogen and oxygen atoms in total. The van der Waals surface area contributed by atoms with Crippen LogP contribution in [0.2, 0.25) is 0 Å². The molecular weight excluding hydrogens is 140 g/mol. The molecular formula is C6H9F2NO. The van der Waals surface area contributed by atoms with Crippen LogP contribution in [-0.2, 0) is 4.79 Å². The Balaban J connectivity index is 2.32. The smallest absolute Gasteiger partial charge is 0.321 e. The summed E-state index contributed by atoms with van der Waals surface area (Å²) in [4.78, 5) is 10.5. The lowest BCUT2D eigenvalue weighted by atomic mass is 10.3. The second-order valence-electron chi connectivity index (χ2n) is 2.64. The molecule has 1 rings (SSSR count). The molecule has 1 N–H and O–H groups in total. The summed E-state index contributed by atoms with van der Waals surface area (Å²) >= 11 is 0. The Morgan fingerprint density at radius 3 is 2.40 bits per heavy atom. The molecule has 0 aromatic heterocycles. The fraction of sp³-hybridized carbons (Fsp3) is 0.833. The van der Waals surface area contributed by atoms with Gasteiger partial charge in [0.2, 0.25) is 0 Å². The Morgan fingerprint density at radius 2 is 2.10 bits per heavy atom. The summed E-state index contributed by atoms with van der Waals surface area (Å²) in [5, 5.41) is 2.20. The van der Waals surface area contributed by atoms with Crippen LogP contribution in [0.15, 0.2) is 0 Å². The SMILES string of the molecule is CC(F)(F)C(=O)NC1CC1. The Hall–Kier alpha value is -0.670. The van der Waals surface area contributed by atoms with Crippen molar-refractivity contribution in [1.29, 1.82) is 0 Å². The monoisotopic (exact) mass is 149 g/mol. The van der Waals surface area contributed by atoms with E-state index in [9.17, 15) is 13.6 Å². The predicted octanol–water partition coefficient (Wildman–Crippen LogP) is 0.920. The number of halogens is 2. The maximum atomic E-state index is 12.1. The summed E-state index contributed by atoms with van der Waals surface area (Å²) in [7, 11) is 0. The number of carbonyl (C=O) groups is 1. The lowest BCUT2D eigenvalue weighted by Gasteiger charge is -2.08. The lowest BCUT2D eigenvalue weighted by molar-refractivity contribution is -0.143. The highest BCUT2D eigenvalue weighted by Gasteiger charge is 2.36. The average molecular weight is 149 g/mol. The first-order chi connectivity index (χ1) is 4.50. The second kappa shape index (κ2) is 2.18. The van der Waals surface area contributed by atoms with Crippen molar-refractivity contribution in [1.82, 2.24) is 5.32 Å². The van der Waals surface area contributed by atoms with Crippen LogP contribution in [0.25, 0.3) is 0 Å². The highest BCUT2D eigenvalue weighted by molar-refractivity contribution is 5.83. The largest absolute Gasteiger partial charge is 0.348 e. The molecule has 10 heavy (non-hydrogen) atoms. The quantitative estimate of drug-likeness (QED) is 0.621. The Kier molecular flexibility index (Phi) is 1.62. The standard InChI is InChI=1S/C6H9F2NO/c1-6(7,8)5(10)9-4-2-3-4/h4H,2-3H2,1H3,(H,9,10). The van der Waals surface area contributed by atoms with E-state index in [-0.39, 0.29) is 6.04 Å². The first kappa shape index (κ1) is 7.44. The van der Waals surface area contributed by atoms with Gasteiger partial charge in [-0.05, 0) is 12.8 Å². The number of carbonyl (C=O) groups excluding carboxylic acids is 1. The van der Waals surface area contributed by atoms with Gasteiger partial charge in [0, 0.05) is 13.0 Å². The topological polar surface area (TPSA) is 29.1 Å². The fourth-order valence-electron chi connectivity index (χ4n) is 0.540. The van der Waals surface area contributed by atoms with E-state index in [0.29, 0.717) is 6.92 Å². The first-order valence-corrected chi connectivity index (χ1v) is 3.19. The third-order valence-corrected chi connectivity index (χ3v) is 1.31. The van der Waals surface area contributed by atoms with Gasteiger partial charge >= 0.3 is 5.92 Å². The molecule has 0 spiro atoms. The van der Waals surface area contributed by atoms with Gasteiger partial charge in [-0.25, -0.2) is 0 Å². The van der Waals surface area contributed by atoms with E-state index in [2.05, 4.69) is 5.32 Å². The minimum atomic E-state index is -3.22. The van der Waals surface area contributed by atoms with Crippen LogP contribution in [0.3, 0.4) is 0 Å². The Labute approximate surface area is 57.6 Å². The van der Waals surface area contributed by atoms with Gasteiger partial charge in [-0.1, -0.05) is 0 Å². The third kappa shape index (κ3) is 1.93. The molecule has 0 atom stereocenters. The normalized spacial score (nSPS) is 18.7. The summed E-state index contributed by atoms with van der Waals surface area (Å²) in [6.07, 6.45) is 1.67. The summed E-state index contributed by atoms with van der Waals surface area (Å²) in [5.41, 5.74) is 0. The van der Waals surface area contributed by atoms with Crippen molar-refractivity contribution in [3.63, 3.8) is 0 Å². The van der Waals surface area contributed by atoms with Crippen molar-refractivity contribution < 1.29 is 13.6 Å². The fourth-order valence-corrected chi connectivity index (χ4v) is 0.540. The molecule has 1 fully saturated rings. The van der Waals surface area contributed by atoms with Crippen molar-refractivity contribution in [2.45, 2.75) is 31.7 Å². The van der Waals surface area contributed by atoms with E-state index in [1.54, 1.807) is 0 Å². The number of alkyl halides is 2. The number of hydrogen-bond donors (Lipinski definition) is 1. The van der Waals surface area contributed by atoms with E-state index in [0.717, 1.165) is 12.8 Å². The van der Waals surface area contributed by atoms with Gasteiger partial charge in [0.25, 0.3) is 5.91 Å². The van der Waals surface area contributed by atoms with E-state index >= 15 is 0 Å². The highest BCUT2D eigenvalue weighted by atomic mass is 19.3. The minimum absolute atomic E-state index is 0.0123. The molecule has 0 bridgehead atoms. The van der Waals surface area contributed by atoms with Crippen molar-refractivity contribution in [2.75, 3.05) is 0 Å². The van der Waals surface area contributed by atoms with E-state index in [1.165, 1.54) is 0 Å². The van der Waals surface area contributed by atoms with Crippen molar-refractivity contribution in [3.8, 4) is 0 Å². The molecule has 4 heteroatoms. The average Bonchev–Trinajstić information content (AvgIpc) is 2.47. The molecule has 0 radical (unpaired) electrons. The zero-order chi connectivity index (χ0) is 7.78. The molecule has 0 unspecified atom stereocenters. The predicted molar refractivity (Wildman–Crippen MR) is 31.8 cm³/mol. The molecule has 0 heterocycles. The number of hydrogen-bond acceptors (Lipinski definition) is 1. The zero-order valence-electron chi connectivity index (χ0n) is 5.66. The lowest BCUT2D eigenvalue weighted by Crippen LogP contribution is -2.38. The van der Waals surface area contributed by atoms with Crippen LogP contribution in [0.4, 0.5) is 8.78 Å². The molecule has 0 aromatic carbocycles. The summed E-state index contributed by atoms with van der Waals surface area (Å²) in [6.45, 7) is 0.602. The van der Waals surface area contributed by atoms with Crippen LogP contribution >= 0.6 is 0 Å². The maximum absolute atomic E-state index is 12.1. The molecule has 0 aromatic rings. The summed E-state index contributed by atoms with van der Waals surface area (Å²) in [5.74, 6) is -4.38. The zero-order valence-corrected chi connectivity index (χ0v) is 5.66. The minimum Gasteiger partial charge on any atom is -0.348 e. The summed E-state index contributed by atoms with van der Waals surface area (Å²) < 4.78 is 24.2. The van der Waals surface area contributed by atoms with Crippen LogP contribution in [-0.4, -0.2) is 17.9 Å². The highest BCUT2D eigenvalue weighted by Crippen LogP contribution is 2.21. The van der Waals surface area contributed by atoms with Crippen LogP contribution in [0, 0.1) is 0 Å². The maximum Gasteiger partial charge on any atom is 0.321 e. The first-order valence-electron chi connectivity index (χ1n) is 3.19. The van der Waals surface area contributed by atoms with Crippen LogP contribution < -0.4 is 5.32 Å². The number of rotatable bonds is 2.